The van der Waals surface area contributed by atoms with Gasteiger partial charge in [0.1, 0.15) is 5.25 Å². The number of ether oxygens (including phenoxy) is 2. The first-order valence-electron chi connectivity index (χ1n) is 5.49. The molecular weight excluding hydrogens is 288 g/mol. The monoisotopic (exact) mass is 300 g/mol. The molecule has 1 aliphatic heterocycles. The minimum absolute atomic E-state index is 0.0856. The molecular formula is C12H12O5S2. The summed E-state index contributed by atoms with van der Waals surface area (Å²) in [6.45, 7) is 1.61. The van der Waals surface area contributed by atoms with Crippen molar-refractivity contribution in [3.05, 3.63) is 18.2 Å². The molecule has 0 fully saturated rings. The summed E-state index contributed by atoms with van der Waals surface area (Å²) in [6, 6.07) is 5.29. The van der Waals surface area contributed by atoms with Gasteiger partial charge in [0, 0.05) is 17.6 Å². The zero-order valence-electron chi connectivity index (χ0n) is 10.1. The Hall–Kier alpha value is -1.34. The maximum Gasteiger partial charge on any atom is 0.317 e. The average Bonchev–Trinajstić information content (AvgIpc) is 2.81. The van der Waals surface area contributed by atoms with Crippen molar-refractivity contribution in [3.8, 4) is 11.5 Å². The van der Waals surface area contributed by atoms with Crippen molar-refractivity contribution >= 4 is 34.6 Å². The predicted molar refractivity (Wildman–Crippen MR) is 73.0 cm³/mol. The number of thioether (sulfide) groups is 2. The Bertz CT molecular complexity index is 503. The van der Waals surface area contributed by atoms with Gasteiger partial charge in [-0.3, -0.25) is 9.59 Å². The number of rotatable bonds is 5. The SMILES string of the molecule is CC(=O)SCC(Sc1ccc2c(c1)OCO2)C(=O)O. The van der Waals surface area contributed by atoms with E-state index in [1.165, 1.54) is 18.7 Å². The smallest absolute Gasteiger partial charge is 0.317 e. The molecule has 0 saturated heterocycles. The predicted octanol–water partition coefficient (Wildman–Crippen LogP) is 2.24. The molecule has 0 radical (unpaired) electrons. The third kappa shape index (κ3) is 3.81. The van der Waals surface area contributed by atoms with Gasteiger partial charge in [-0.2, -0.15) is 0 Å². The van der Waals surface area contributed by atoms with Gasteiger partial charge in [-0.25, -0.2) is 0 Å². The molecule has 1 N–H and O–H groups in total. The topological polar surface area (TPSA) is 72.8 Å². The van der Waals surface area contributed by atoms with Crippen molar-refractivity contribution in [2.45, 2.75) is 17.1 Å². The van der Waals surface area contributed by atoms with Gasteiger partial charge in [-0.05, 0) is 18.2 Å². The Morgan fingerprint density at radius 2 is 2.11 bits per heavy atom. The molecule has 102 valence electrons. The number of benzene rings is 1. The van der Waals surface area contributed by atoms with Crippen molar-refractivity contribution in [3.63, 3.8) is 0 Å². The van der Waals surface area contributed by atoms with Crippen molar-refractivity contribution in [2.75, 3.05) is 12.5 Å². The summed E-state index contributed by atoms with van der Waals surface area (Å²) in [4.78, 5) is 22.8. The van der Waals surface area contributed by atoms with Crippen molar-refractivity contribution in [1.29, 1.82) is 0 Å². The van der Waals surface area contributed by atoms with Gasteiger partial charge in [-0.1, -0.05) is 11.8 Å². The molecule has 1 unspecified atom stereocenters. The van der Waals surface area contributed by atoms with Crippen LogP contribution in [0.2, 0.25) is 0 Å². The first kappa shape index (κ1) is 14.1. The number of fused-ring (bicyclic) bond motifs is 1. The van der Waals surface area contributed by atoms with Crippen molar-refractivity contribution in [1.82, 2.24) is 0 Å². The lowest BCUT2D eigenvalue weighted by Crippen LogP contribution is -2.19. The van der Waals surface area contributed by atoms with E-state index in [1.807, 2.05) is 0 Å². The van der Waals surface area contributed by atoms with Crippen molar-refractivity contribution < 1.29 is 24.2 Å². The zero-order chi connectivity index (χ0) is 13.8. The normalized spacial score (nSPS) is 14.2. The fraction of sp³-hybridized carbons (Fsp3) is 0.333. The Morgan fingerprint density at radius 1 is 1.37 bits per heavy atom. The summed E-state index contributed by atoms with van der Waals surface area (Å²) >= 11 is 2.21. The van der Waals surface area contributed by atoms with Crippen LogP contribution in [0.4, 0.5) is 0 Å². The highest BCUT2D eigenvalue weighted by Gasteiger charge is 2.21. The quantitative estimate of drug-likeness (QED) is 0.836. The van der Waals surface area contributed by atoms with E-state index >= 15 is 0 Å². The number of hydrogen-bond donors (Lipinski definition) is 1. The summed E-state index contributed by atoms with van der Waals surface area (Å²) in [6.07, 6.45) is 0. The van der Waals surface area contributed by atoms with Crippen LogP contribution in [0.1, 0.15) is 6.92 Å². The van der Waals surface area contributed by atoms with Crippen LogP contribution in [0.25, 0.3) is 0 Å². The third-order valence-electron chi connectivity index (χ3n) is 2.34. The second-order valence-corrected chi connectivity index (χ2v) is 6.24. The molecule has 5 nitrogen and oxygen atoms in total. The van der Waals surface area contributed by atoms with Crippen LogP contribution < -0.4 is 9.47 Å². The van der Waals surface area contributed by atoms with Crippen LogP contribution in [0.3, 0.4) is 0 Å². The van der Waals surface area contributed by atoms with Gasteiger partial charge < -0.3 is 14.6 Å². The minimum Gasteiger partial charge on any atom is -0.480 e. The maximum atomic E-state index is 11.1. The highest BCUT2D eigenvalue weighted by molar-refractivity contribution is 8.14. The summed E-state index contributed by atoms with van der Waals surface area (Å²) in [5.41, 5.74) is 0. The van der Waals surface area contributed by atoms with E-state index in [4.69, 9.17) is 14.6 Å². The van der Waals surface area contributed by atoms with E-state index < -0.39 is 11.2 Å². The van der Waals surface area contributed by atoms with Crippen LogP contribution in [0, 0.1) is 0 Å². The molecule has 0 bridgehead atoms. The highest BCUT2D eigenvalue weighted by atomic mass is 32.2. The molecule has 19 heavy (non-hydrogen) atoms. The Morgan fingerprint density at radius 3 is 2.79 bits per heavy atom. The van der Waals surface area contributed by atoms with Gasteiger partial charge in [-0.15, -0.1) is 11.8 Å². The van der Waals surface area contributed by atoms with Gasteiger partial charge in [0.15, 0.2) is 16.6 Å². The van der Waals surface area contributed by atoms with Crippen LogP contribution in [0.5, 0.6) is 11.5 Å². The van der Waals surface area contributed by atoms with E-state index in [0.29, 0.717) is 11.5 Å². The summed E-state index contributed by atoms with van der Waals surface area (Å²) in [5.74, 6) is 0.586. The fourth-order valence-corrected chi connectivity index (χ4v) is 3.22. The lowest BCUT2D eigenvalue weighted by Gasteiger charge is -2.11. The Labute approximate surface area is 118 Å². The minimum atomic E-state index is -0.934. The highest BCUT2D eigenvalue weighted by Crippen LogP contribution is 2.37. The lowest BCUT2D eigenvalue weighted by atomic mass is 10.3. The van der Waals surface area contributed by atoms with Crippen LogP contribution in [0.15, 0.2) is 23.1 Å². The molecule has 0 aliphatic carbocycles. The van der Waals surface area contributed by atoms with Gasteiger partial charge in [0.25, 0.3) is 0 Å². The molecule has 2 rings (SSSR count). The van der Waals surface area contributed by atoms with E-state index in [2.05, 4.69) is 0 Å². The number of carboxylic acids is 1. The molecule has 1 atom stereocenters. The molecule has 1 aliphatic rings. The van der Waals surface area contributed by atoms with E-state index in [-0.39, 0.29) is 17.7 Å². The van der Waals surface area contributed by atoms with Crippen LogP contribution in [-0.2, 0) is 9.59 Å². The molecule has 1 heterocycles. The van der Waals surface area contributed by atoms with Crippen LogP contribution >= 0.6 is 23.5 Å². The summed E-state index contributed by atoms with van der Waals surface area (Å²) in [5, 5.41) is 8.38. The third-order valence-corrected chi connectivity index (χ3v) is 4.63. The van der Waals surface area contributed by atoms with E-state index in [0.717, 1.165) is 16.7 Å². The lowest BCUT2D eigenvalue weighted by molar-refractivity contribution is -0.135. The second kappa shape index (κ2) is 6.21. The molecule has 1 aromatic carbocycles. The van der Waals surface area contributed by atoms with E-state index in [9.17, 15) is 9.59 Å². The van der Waals surface area contributed by atoms with Gasteiger partial charge in [0.05, 0.1) is 0 Å². The number of carbonyl (C=O) groups excluding carboxylic acids is 1. The van der Waals surface area contributed by atoms with Gasteiger partial charge in [0.2, 0.25) is 6.79 Å². The van der Waals surface area contributed by atoms with Crippen molar-refractivity contribution in [2.24, 2.45) is 0 Å². The zero-order valence-corrected chi connectivity index (χ0v) is 11.8. The fourth-order valence-electron chi connectivity index (χ4n) is 1.46. The average molecular weight is 300 g/mol. The number of carbonyl (C=O) groups is 2. The number of hydrogen-bond acceptors (Lipinski definition) is 6. The van der Waals surface area contributed by atoms with Crippen LogP contribution in [-0.4, -0.2) is 34.0 Å². The van der Waals surface area contributed by atoms with E-state index in [1.54, 1.807) is 18.2 Å². The summed E-state index contributed by atoms with van der Waals surface area (Å²) < 4.78 is 10.4. The number of aliphatic carboxylic acids is 1. The molecule has 0 saturated carbocycles. The molecule has 0 spiro atoms. The summed E-state index contributed by atoms with van der Waals surface area (Å²) in [7, 11) is 0. The molecule has 1 aromatic rings. The Kier molecular flexibility index (Phi) is 4.60. The standard InChI is InChI=1S/C12H12O5S2/c1-7(13)18-5-11(12(14)15)19-8-2-3-9-10(4-8)17-6-16-9/h2-4,11H,5-6H2,1H3,(H,14,15). The number of carboxylic acid groups (broad SMARTS) is 1. The molecule has 7 heteroatoms. The first-order chi connectivity index (χ1) is 9.06. The second-order valence-electron chi connectivity index (χ2n) is 3.76. The Balaban J connectivity index is 2.04. The molecule has 0 aromatic heterocycles. The van der Waals surface area contributed by atoms with Gasteiger partial charge >= 0.3 is 5.97 Å². The maximum absolute atomic E-state index is 11.1. The first-order valence-corrected chi connectivity index (χ1v) is 7.35. The molecule has 0 amide bonds. The largest absolute Gasteiger partial charge is 0.480 e.